The maximum Gasteiger partial charge on any atom is 0.347 e. The molecule has 0 amide bonds. The molecule has 1 N–H and O–H groups in total. The summed E-state index contributed by atoms with van der Waals surface area (Å²) in [5.41, 5.74) is 1.44. The van der Waals surface area contributed by atoms with Gasteiger partial charge in [0.15, 0.2) is 5.78 Å². The Morgan fingerprint density at radius 2 is 1.88 bits per heavy atom. The van der Waals surface area contributed by atoms with E-state index in [4.69, 9.17) is 5.11 Å². The van der Waals surface area contributed by atoms with Gasteiger partial charge in [-0.3, -0.25) is 4.79 Å². The Labute approximate surface area is 102 Å². The van der Waals surface area contributed by atoms with E-state index in [1.54, 1.807) is 24.3 Å². The Balaban J connectivity index is 2.33. The highest BCUT2D eigenvalue weighted by atomic mass is 32.1. The van der Waals surface area contributed by atoms with Crippen molar-refractivity contribution in [3.63, 3.8) is 0 Å². The maximum atomic E-state index is 11.1. The Morgan fingerprint density at radius 3 is 2.35 bits per heavy atom. The minimum Gasteiger partial charge on any atom is -0.477 e. The van der Waals surface area contributed by atoms with E-state index in [-0.39, 0.29) is 10.7 Å². The summed E-state index contributed by atoms with van der Waals surface area (Å²) in [7, 11) is 0. The molecule has 5 heteroatoms. The van der Waals surface area contributed by atoms with Gasteiger partial charge in [0.25, 0.3) is 0 Å². The molecule has 0 saturated heterocycles. The smallest absolute Gasteiger partial charge is 0.347 e. The number of nitrogens with zero attached hydrogens (tertiary/aromatic N) is 1. The van der Waals surface area contributed by atoms with E-state index in [1.165, 1.54) is 13.1 Å². The molecule has 0 aliphatic heterocycles. The second kappa shape index (κ2) is 4.47. The molecule has 1 heterocycles. The number of carbonyl (C=O) groups is 2. The molecule has 86 valence electrons. The van der Waals surface area contributed by atoms with Gasteiger partial charge in [0.1, 0.15) is 9.88 Å². The summed E-state index contributed by atoms with van der Waals surface area (Å²) in [6, 6.07) is 6.95. The summed E-state index contributed by atoms with van der Waals surface area (Å²) in [6.07, 6.45) is 1.33. The van der Waals surface area contributed by atoms with Crippen LogP contribution in [0.1, 0.15) is 27.0 Å². The minimum atomic E-state index is -0.978. The Bertz CT molecular complexity index is 572. The van der Waals surface area contributed by atoms with Crippen LogP contribution < -0.4 is 0 Å². The molecule has 4 nitrogen and oxygen atoms in total. The third-order valence-corrected chi connectivity index (χ3v) is 3.29. The van der Waals surface area contributed by atoms with Crippen molar-refractivity contribution in [3.8, 4) is 10.6 Å². The number of carboxylic acids is 1. The molecule has 0 radical (unpaired) electrons. The molecule has 1 aromatic heterocycles. The van der Waals surface area contributed by atoms with Gasteiger partial charge in [-0.15, -0.1) is 11.3 Å². The van der Waals surface area contributed by atoms with Gasteiger partial charge < -0.3 is 5.11 Å². The van der Waals surface area contributed by atoms with Crippen LogP contribution in [0, 0.1) is 0 Å². The average Bonchev–Trinajstić information content (AvgIpc) is 2.78. The van der Waals surface area contributed by atoms with Crippen LogP contribution in [0.5, 0.6) is 0 Å². The Morgan fingerprint density at radius 1 is 1.24 bits per heavy atom. The monoisotopic (exact) mass is 247 g/mol. The number of Topliss-reactive ketones (excluding diaryl/α,β-unsaturated/α-hetero) is 1. The Kier molecular flexibility index (Phi) is 3.01. The van der Waals surface area contributed by atoms with Crippen LogP contribution in [0.2, 0.25) is 0 Å². The first kappa shape index (κ1) is 11.5. The van der Waals surface area contributed by atoms with Crippen molar-refractivity contribution in [2.75, 3.05) is 0 Å². The summed E-state index contributed by atoms with van der Waals surface area (Å²) in [4.78, 5) is 26.0. The zero-order valence-corrected chi connectivity index (χ0v) is 9.82. The zero-order chi connectivity index (χ0) is 12.4. The maximum absolute atomic E-state index is 11.1. The lowest BCUT2D eigenvalue weighted by Gasteiger charge is -1.97. The summed E-state index contributed by atoms with van der Waals surface area (Å²) in [5, 5.41) is 9.42. The van der Waals surface area contributed by atoms with E-state index in [2.05, 4.69) is 4.98 Å². The summed E-state index contributed by atoms with van der Waals surface area (Å²) in [6.45, 7) is 1.50. The molecule has 0 aliphatic carbocycles. The molecule has 0 spiro atoms. The van der Waals surface area contributed by atoms with Gasteiger partial charge >= 0.3 is 5.97 Å². The number of benzene rings is 1. The van der Waals surface area contributed by atoms with Gasteiger partial charge in [-0.1, -0.05) is 24.3 Å². The zero-order valence-electron chi connectivity index (χ0n) is 9.01. The van der Waals surface area contributed by atoms with Gasteiger partial charge in [-0.25, -0.2) is 9.78 Å². The third kappa shape index (κ3) is 2.39. The first-order valence-corrected chi connectivity index (χ1v) is 5.70. The number of hydrogen-bond donors (Lipinski definition) is 1. The van der Waals surface area contributed by atoms with Crippen LogP contribution in [-0.2, 0) is 0 Å². The summed E-state index contributed by atoms with van der Waals surface area (Å²) >= 11 is 1.11. The fraction of sp³-hybridized carbons (Fsp3) is 0.0833. The number of aromatic nitrogens is 1. The standard InChI is InChI=1S/C12H9NO3S/c1-7(14)8-2-4-9(5-3-8)11-13-6-10(17-11)12(15)16/h2-6H,1H3,(H,15,16). The minimum absolute atomic E-state index is 0.00177. The lowest BCUT2D eigenvalue weighted by Crippen LogP contribution is -1.90. The normalized spacial score (nSPS) is 10.2. The lowest BCUT2D eigenvalue weighted by atomic mass is 10.1. The first-order chi connectivity index (χ1) is 8.08. The van der Waals surface area contributed by atoms with Gasteiger partial charge in [0.2, 0.25) is 0 Å². The predicted molar refractivity (Wildman–Crippen MR) is 64.5 cm³/mol. The molecule has 17 heavy (non-hydrogen) atoms. The quantitative estimate of drug-likeness (QED) is 0.847. The number of ketones is 1. The highest BCUT2D eigenvalue weighted by molar-refractivity contribution is 7.16. The number of carboxylic acid groups (broad SMARTS) is 1. The van der Waals surface area contributed by atoms with Crippen LogP contribution in [0.3, 0.4) is 0 Å². The molecular weight excluding hydrogens is 238 g/mol. The Hall–Kier alpha value is -2.01. The van der Waals surface area contributed by atoms with E-state index < -0.39 is 5.97 Å². The number of thiazole rings is 1. The number of rotatable bonds is 3. The summed E-state index contributed by atoms with van der Waals surface area (Å²) < 4.78 is 0. The summed E-state index contributed by atoms with van der Waals surface area (Å²) in [5.74, 6) is -0.976. The molecule has 0 aliphatic rings. The molecule has 2 rings (SSSR count). The van der Waals surface area contributed by atoms with Crippen LogP contribution in [0.25, 0.3) is 10.6 Å². The highest BCUT2D eigenvalue weighted by Crippen LogP contribution is 2.25. The van der Waals surface area contributed by atoms with Crippen molar-refractivity contribution in [1.29, 1.82) is 0 Å². The van der Waals surface area contributed by atoms with Crippen LogP contribution >= 0.6 is 11.3 Å². The second-order valence-electron chi connectivity index (χ2n) is 3.47. The van der Waals surface area contributed by atoms with Gasteiger partial charge in [-0.2, -0.15) is 0 Å². The van der Waals surface area contributed by atoms with Crippen molar-refractivity contribution in [1.82, 2.24) is 4.98 Å². The predicted octanol–water partition coefficient (Wildman–Crippen LogP) is 2.71. The van der Waals surface area contributed by atoms with Crippen molar-refractivity contribution < 1.29 is 14.7 Å². The SMILES string of the molecule is CC(=O)c1ccc(-c2ncc(C(=O)O)s2)cc1. The van der Waals surface area contributed by atoms with Crippen LogP contribution in [-0.4, -0.2) is 21.8 Å². The van der Waals surface area contributed by atoms with Gasteiger partial charge in [-0.05, 0) is 6.92 Å². The van der Waals surface area contributed by atoms with E-state index in [1.807, 2.05) is 0 Å². The van der Waals surface area contributed by atoms with Crippen molar-refractivity contribution in [3.05, 3.63) is 40.9 Å². The van der Waals surface area contributed by atoms with Crippen LogP contribution in [0.15, 0.2) is 30.5 Å². The molecule has 0 unspecified atom stereocenters. The van der Waals surface area contributed by atoms with Crippen LogP contribution in [0.4, 0.5) is 0 Å². The lowest BCUT2D eigenvalue weighted by molar-refractivity contribution is 0.0701. The number of aromatic carboxylic acids is 1. The molecule has 0 fully saturated rings. The second-order valence-corrected chi connectivity index (χ2v) is 4.50. The van der Waals surface area contributed by atoms with Crippen molar-refractivity contribution >= 4 is 23.1 Å². The highest BCUT2D eigenvalue weighted by Gasteiger charge is 2.10. The molecule has 2 aromatic rings. The molecule has 0 saturated carbocycles. The van der Waals surface area contributed by atoms with E-state index in [0.29, 0.717) is 10.6 Å². The van der Waals surface area contributed by atoms with Crippen molar-refractivity contribution in [2.45, 2.75) is 6.92 Å². The fourth-order valence-corrected chi connectivity index (χ4v) is 2.11. The van der Waals surface area contributed by atoms with Gasteiger partial charge in [0.05, 0.1) is 6.20 Å². The largest absolute Gasteiger partial charge is 0.477 e. The third-order valence-electron chi connectivity index (χ3n) is 2.25. The molecule has 1 aromatic carbocycles. The fourth-order valence-electron chi connectivity index (χ4n) is 1.35. The van der Waals surface area contributed by atoms with E-state index in [0.717, 1.165) is 16.9 Å². The topological polar surface area (TPSA) is 67.3 Å². The molecular formula is C12H9NO3S. The average molecular weight is 247 g/mol. The molecule has 0 atom stereocenters. The molecule has 0 bridgehead atoms. The van der Waals surface area contributed by atoms with E-state index in [9.17, 15) is 9.59 Å². The number of carbonyl (C=O) groups excluding carboxylic acids is 1. The first-order valence-electron chi connectivity index (χ1n) is 4.88. The van der Waals surface area contributed by atoms with E-state index >= 15 is 0 Å². The number of hydrogen-bond acceptors (Lipinski definition) is 4. The van der Waals surface area contributed by atoms with Gasteiger partial charge in [0, 0.05) is 11.1 Å². The van der Waals surface area contributed by atoms with Crippen molar-refractivity contribution in [2.24, 2.45) is 0 Å².